The van der Waals surface area contributed by atoms with E-state index >= 15 is 0 Å². The molecule has 0 radical (unpaired) electrons. The second-order valence-corrected chi connectivity index (χ2v) is 19.9. The summed E-state index contributed by atoms with van der Waals surface area (Å²) in [7, 11) is 1.18. The molecule has 0 aliphatic heterocycles. The number of amides is 1. The third kappa shape index (κ3) is 52.0. The quantitative estimate of drug-likeness (QED) is 0.0272. The number of nitrogens with zero attached hydrogens (tertiary/aromatic N) is 1. The molecule has 0 aliphatic carbocycles. The summed E-state index contributed by atoms with van der Waals surface area (Å²) in [5.74, 6) is -0.262. The van der Waals surface area contributed by atoms with Crippen LogP contribution in [-0.4, -0.2) is 68.5 Å². The van der Waals surface area contributed by atoms with E-state index in [9.17, 15) is 19.4 Å². The molecule has 8 nitrogen and oxygen atoms in total. The first-order valence-corrected chi connectivity index (χ1v) is 28.3. The minimum Gasteiger partial charge on any atom is -0.756 e. The molecule has 1 amide bonds. The van der Waals surface area contributed by atoms with Crippen molar-refractivity contribution in [3.63, 3.8) is 0 Å². The highest BCUT2D eigenvalue weighted by Gasteiger charge is 2.23. The Bertz CT molecular complexity index is 1690. The monoisotopic (exact) mass is 987 g/mol. The summed E-state index contributed by atoms with van der Waals surface area (Å²) in [6, 6.07) is -0.945. The van der Waals surface area contributed by atoms with Crippen LogP contribution in [0.1, 0.15) is 168 Å². The Kier molecular flexibility index (Phi) is 47.3. The van der Waals surface area contributed by atoms with Crippen LogP contribution in [0.3, 0.4) is 0 Å². The maximum Gasteiger partial charge on any atom is 0.268 e. The van der Waals surface area contributed by atoms with Crippen molar-refractivity contribution in [3.8, 4) is 0 Å². The Hall–Kier alpha value is -3.88. The first kappa shape index (κ1) is 66.1. The SMILES string of the molecule is CC/C=C\C/C=C\C/C=C\C/C=C\C/C=C\C/C=C\C/C=C\C/C=C\C/C=C\C/C=C\CCCCC(=O)NC(COP(=O)([O-])OCC[N+](C)(C)C)C(O)/C=C/CC/C=C/CC/C=C/CCCCCCC. The number of phosphoric ester groups is 1. The van der Waals surface area contributed by atoms with Crippen molar-refractivity contribution < 1.29 is 32.9 Å². The summed E-state index contributed by atoms with van der Waals surface area (Å²) >= 11 is 0. The number of rotatable bonds is 46. The van der Waals surface area contributed by atoms with E-state index in [4.69, 9.17) is 9.05 Å². The molecule has 2 N–H and O–H groups in total. The summed E-state index contributed by atoms with van der Waals surface area (Å²) in [6.45, 7) is 4.42. The van der Waals surface area contributed by atoms with Gasteiger partial charge < -0.3 is 28.8 Å². The molecule has 70 heavy (non-hydrogen) atoms. The van der Waals surface area contributed by atoms with Crippen LogP contribution in [0, 0.1) is 0 Å². The molecule has 0 bridgehead atoms. The number of quaternary nitrogens is 1. The van der Waals surface area contributed by atoms with Crippen LogP contribution in [0.4, 0.5) is 0 Å². The van der Waals surface area contributed by atoms with Crippen LogP contribution in [-0.2, 0) is 18.4 Å². The number of aliphatic hydroxyl groups excluding tert-OH is 1. The maximum absolute atomic E-state index is 12.9. The van der Waals surface area contributed by atoms with E-state index in [1.54, 1.807) is 6.08 Å². The van der Waals surface area contributed by atoms with Crippen LogP contribution in [0.15, 0.2) is 158 Å². The Balaban J connectivity index is 4.41. The lowest BCUT2D eigenvalue weighted by atomic mass is 10.1. The van der Waals surface area contributed by atoms with Gasteiger partial charge in [-0.15, -0.1) is 0 Å². The minimum atomic E-state index is -4.63. The molecule has 0 aromatic heterocycles. The number of hydrogen-bond donors (Lipinski definition) is 2. The van der Waals surface area contributed by atoms with Gasteiger partial charge in [-0.25, -0.2) is 0 Å². The van der Waals surface area contributed by atoms with Crippen molar-refractivity contribution in [2.45, 2.75) is 180 Å². The van der Waals surface area contributed by atoms with E-state index in [0.717, 1.165) is 103 Å². The lowest BCUT2D eigenvalue weighted by Crippen LogP contribution is -2.45. The number of carbonyl (C=O) groups is 1. The van der Waals surface area contributed by atoms with Gasteiger partial charge in [0.2, 0.25) is 5.91 Å². The van der Waals surface area contributed by atoms with Gasteiger partial charge in [0.15, 0.2) is 0 Å². The van der Waals surface area contributed by atoms with E-state index in [0.29, 0.717) is 23.9 Å². The lowest BCUT2D eigenvalue weighted by molar-refractivity contribution is -0.870. The zero-order chi connectivity index (χ0) is 51.3. The van der Waals surface area contributed by atoms with Gasteiger partial charge >= 0.3 is 0 Å². The van der Waals surface area contributed by atoms with Crippen LogP contribution in [0.25, 0.3) is 0 Å². The van der Waals surface area contributed by atoms with Crippen molar-refractivity contribution in [1.29, 1.82) is 0 Å². The van der Waals surface area contributed by atoms with E-state index in [1.165, 1.54) is 32.1 Å². The number of nitrogens with one attached hydrogen (secondary N) is 1. The van der Waals surface area contributed by atoms with Crippen molar-refractivity contribution in [2.75, 3.05) is 40.9 Å². The predicted octanol–water partition coefficient (Wildman–Crippen LogP) is 15.7. The molecular formula is C61H99N2O6P. The Morgan fingerprint density at radius 2 is 0.886 bits per heavy atom. The molecule has 0 aromatic rings. The maximum atomic E-state index is 12.9. The summed E-state index contributed by atoms with van der Waals surface area (Å²) in [4.78, 5) is 25.4. The summed E-state index contributed by atoms with van der Waals surface area (Å²) in [6.07, 6.45) is 78.9. The van der Waals surface area contributed by atoms with Crippen LogP contribution in [0.5, 0.6) is 0 Å². The van der Waals surface area contributed by atoms with Gasteiger partial charge in [-0.2, -0.15) is 0 Å². The van der Waals surface area contributed by atoms with Crippen LogP contribution < -0.4 is 10.2 Å². The molecule has 3 unspecified atom stereocenters. The topological polar surface area (TPSA) is 108 Å². The summed E-state index contributed by atoms with van der Waals surface area (Å²) < 4.78 is 23.2. The van der Waals surface area contributed by atoms with Gasteiger partial charge in [-0.05, 0) is 122 Å². The molecule has 0 spiro atoms. The highest BCUT2D eigenvalue weighted by molar-refractivity contribution is 7.45. The lowest BCUT2D eigenvalue weighted by Gasteiger charge is -2.29. The van der Waals surface area contributed by atoms with Gasteiger partial charge in [0.25, 0.3) is 7.82 Å². The number of aliphatic hydroxyl groups is 1. The average molecular weight is 987 g/mol. The predicted molar refractivity (Wildman–Crippen MR) is 301 cm³/mol. The molecule has 9 heteroatoms. The third-order valence-electron chi connectivity index (χ3n) is 10.7. The standard InChI is InChI=1S/C61H99N2O6P/c1-6-8-10-12-14-16-18-20-22-23-24-25-26-27-28-29-30-31-32-33-34-35-36-37-38-39-41-43-45-47-49-51-53-55-61(65)62-59(58-69-70(66,67)68-57-56-63(3,4)5)60(64)54-52-50-48-46-44-42-40-21-19-17-15-13-11-9-7-2/h8,10,14,16,19-22,24-25,27-28,30-31,33-34,36-37,39,41,44-47,52,54,59-60,64H,6-7,9,11-13,15,17-18,23,26,29,32,35,38,40,42-43,48-51,53,55-58H2,1-5H3,(H-,62,65,66,67)/b10-8-,16-14-,21-19+,22-20-,25-24-,28-27-,31-30-,34-33-,37-36-,41-39-,46-44+,47-45-,54-52+. The molecule has 0 saturated carbocycles. The number of allylic oxidation sites excluding steroid dienone is 25. The van der Waals surface area contributed by atoms with Gasteiger partial charge in [-0.3, -0.25) is 9.36 Å². The van der Waals surface area contributed by atoms with Crippen molar-refractivity contribution in [3.05, 3.63) is 158 Å². The van der Waals surface area contributed by atoms with E-state index in [1.807, 2.05) is 27.2 Å². The first-order valence-electron chi connectivity index (χ1n) is 26.8. The van der Waals surface area contributed by atoms with E-state index < -0.39 is 26.6 Å². The normalized spacial score (nSPS) is 15.2. The highest BCUT2D eigenvalue weighted by atomic mass is 31.2. The summed E-state index contributed by atoms with van der Waals surface area (Å²) in [5, 5.41) is 13.8. The van der Waals surface area contributed by atoms with Gasteiger partial charge in [0, 0.05) is 6.42 Å². The van der Waals surface area contributed by atoms with Crippen molar-refractivity contribution >= 4 is 13.7 Å². The Labute approximate surface area is 429 Å². The largest absolute Gasteiger partial charge is 0.756 e. The molecule has 0 fully saturated rings. The van der Waals surface area contributed by atoms with E-state index in [-0.39, 0.29) is 18.9 Å². The highest BCUT2D eigenvalue weighted by Crippen LogP contribution is 2.38. The number of carbonyl (C=O) groups excluding carboxylic acids is 1. The van der Waals surface area contributed by atoms with Crippen LogP contribution >= 0.6 is 7.82 Å². The fraction of sp³-hybridized carbons (Fsp3) is 0.557. The molecule has 0 saturated heterocycles. The van der Waals surface area contributed by atoms with Crippen molar-refractivity contribution in [2.24, 2.45) is 0 Å². The third-order valence-corrected chi connectivity index (χ3v) is 11.7. The van der Waals surface area contributed by atoms with Gasteiger partial charge in [0.1, 0.15) is 13.2 Å². The molecule has 0 heterocycles. The minimum absolute atomic E-state index is 0.0273. The first-order chi connectivity index (χ1) is 34.0. The zero-order valence-corrected chi connectivity index (χ0v) is 45.5. The molecule has 3 atom stereocenters. The van der Waals surface area contributed by atoms with Gasteiger partial charge in [-0.1, -0.05) is 198 Å². The fourth-order valence-electron chi connectivity index (χ4n) is 6.50. The second kappa shape index (κ2) is 50.1. The second-order valence-electron chi connectivity index (χ2n) is 18.5. The van der Waals surface area contributed by atoms with Crippen LogP contribution in [0.2, 0.25) is 0 Å². The summed E-state index contributed by atoms with van der Waals surface area (Å²) in [5.41, 5.74) is 0. The zero-order valence-electron chi connectivity index (χ0n) is 44.6. The molecule has 0 aliphatic rings. The smallest absolute Gasteiger partial charge is 0.268 e. The molecular weight excluding hydrogens is 888 g/mol. The number of hydrogen-bond acceptors (Lipinski definition) is 6. The number of unbranched alkanes of at least 4 members (excludes halogenated alkanes) is 9. The molecule has 0 rings (SSSR count). The average Bonchev–Trinajstić information content (AvgIpc) is 3.32. The van der Waals surface area contributed by atoms with E-state index in [2.05, 4.69) is 165 Å². The number of phosphoric acid groups is 1. The Morgan fingerprint density at radius 3 is 1.31 bits per heavy atom. The molecule has 0 aromatic carbocycles. The number of likely N-dealkylation sites (N-methyl/N-ethyl adjacent to an activating group) is 1. The van der Waals surface area contributed by atoms with Crippen molar-refractivity contribution in [1.82, 2.24) is 5.32 Å². The van der Waals surface area contributed by atoms with Gasteiger partial charge in [0.05, 0.1) is 39.9 Å². The molecule has 394 valence electrons. The Morgan fingerprint density at radius 1 is 0.514 bits per heavy atom. The fourth-order valence-corrected chi connectivity index (χ4v) is 7.23.